The van der Waals surface area contributed by atoms with Gasteiger partial charge in [-0.3, -0.25) is 9.69 Å². The van der Waals surface area contributed by atoms with Crippen molar-refractivity contribution in [2.75, 3.05) is 19.6 Å². The molecule has 128 valence electrons. The molecule has 0 aromatic rings. The summed E-state index contributed by atoms with van der Waals surface area (Å²) in [6.07, 6.45) is 4.34. The van der Waals surface area contributed by atoms with Gasteiger partial charge in [0.1, 0.15) is 11.6 Å². The van der Waals surface area contributed by atoms with Crippen molar-refractivity contribution in [3.05, 3.63) is 11.6 Å². The Morgan fingerprint density at radius 2 is 2.04 bits per heavy atom. The van der Waals surface area contributed by atoms with E-state index in [2.05, 4.69) is 0 Å². The maximum Gasteiger partial charge on any atom is 0.264 e. The molecule has 2 aliphatic rings. The number of likely N-dealkylation sites (tertiary alicyclic amines) is 2. The number of piperidine rings is 1. The molecule has 4 nitrogen and oxygen atoms in total. The van der Waals surface area contributed by atoms with Gasteiger partial charge in [-0.2, -0.15) is 5.26 Å². The van der Waals surface area contributed by atoms with Crippen molar-refractivity contribution in [2.45, 2.75) is 64.0 Å². The van der Waals surface area contributed by atoms with E-state index >= 15 is 0 Å². The van der Waals surface area contributed by atoms with Gasteiger partial charge in [-0.1, -0.05) is 0 Å². The number of carbonyl (C=O) groups is 1. The molecule has 0 aliphatic carbocycles. The Kier molecular flexibility index (Phi) is 5.10. The maximum atomic E-state index is 13.4. The first-order valence-corrected chi connectivity index (χ1v) is 8.23. The van der Waals surface area contributed by atoms with E-state index < -0.39 is 11.5 Å². The topological polar surface area (TPSA) is 47.3 Å². The third kappa shape index (κ3) is 4.08. The zero-order valence-electron chi connectivity index (χ0n) is 14.1. The lowest BCUT2D eigenvalue weighted by molar-refractivity contribution is -0.129. The van der Waals surface area contributed by atoms with Gasteiger partial charge >= 0.3 is 0 Å². The number of rotatable bonds is 3. The lowest BCUT2D eigenvalue weighted by Crippen LogP contribution is -2.45. The summed E-state index contributed by atoms with van der Waals surface area (Å²) in [6.45, 7) is 6.13. The second kappa shape index (κ2) is 6.56. The molecule has 1 amide bonds. The predicted molar refractivity (Wildman–Crippen MR) is 83.9 cm³/mol. The lowest BCUT2D eigenvalue weighted by Gasteiger charge is -2.35. The number of alkyl halides is 2. The Morgan fingerprint density at radius 1 is 1.35 bits per heavy atom. The van der Waals surface area contributed by atoms with Gasteiger partial charge in [-0.25, -0.2) is 8.78 Å². The average Bonchev–Trinajstić information content (AvgIpc) is 2.86. The molecule has 2 fully saturated rings. The average molecular weight is 325 g/mol. The molecule has 0 aromatic carbocycles. The van der Waals surface area contributed by atoms with Crippen molar-refractivity contribution in [2.24, 2.45) is 0 Å². The Labute approximate surface area is 136 Å². The van der Waals surface area contributed by atoms with Crippen molar-refractivity contribution in [1.29, 1.82) is 5.26 Å². The van der Waals surface area contributed by atoms with Gasteiger partial charge in [0.15, 0.2) is 0 Å². The fourth-order valence-corrected chi connectivity index (χ4v) is 3.37. The van der Waals surface area contributed by atoms with Crippen LogP contribution in [-0.2, 0) is 4.79 Å². The molecule has 0 radical (unpaired) electrons. The molecule has 0 saturated carbocycles. The highest BCUT2D eigenvalue weighted by Crippen LogP contribution is 2.33. The Balaban J connectivity index is 2.17. The van der Waals surface area contributed by atoms with Gasteiger partial charge in [0, 0.05) is 31.1 Å². The number of halogens is 2. The molecule has 2 aliphatic heterocycles. The zero-order chi connectivity index (χ0) is 17.3. The van der Waals surface area contributed by atoms with Gasteiger partial charge in [0.05, 0.1) is 6.54 Å². The third-order valence-corrected chi connectivity index (χ3v) is 4.90. The molecular formula is C17H25F2N3O. The fraction of sp³-hybridized carbons (Fsp3) is 0.765. The third-order valence-electron chi connectivity index (χ3n) is 4.90. The number of amides is 1. The quantitative estimate of drug-likeness (QED) is 0.592. The molecule has 23 heavy (non-hydrogen) atoms. The number of hydrogen-bond acceptors (Lipinski definition) is 3. The molecule has 1 atom stereocenters. The number of hydrogen-bond donors (Lipinski definition) is 0. The van der Waals surface area contributed by atoms with E-state index in [0.717, 1.165) is 19.3 Å². The summed E-state index contributed by atoms with van der Waals surface area (Å²) in [4.78, 5) is 16.0. The number of nitrogens with zero attached hydrogens (tertiary/aromatic N) is 3. The Hall–Kier alpha value is -1.48. The Morgan fingerprint density at radius 3 is 2.57 bits per heavy atom. The Bertz CT molecular complexity index is 536. The molecule has 0 N–H and O–H groups in total. The highest BCUT2D eigenvalue weighted by Gasteiger charge is 2.43. The van der Waals surface area contributed by atoms with Crippen LogP contribution in [0.5, 0.6) is 0 Å². The summed E-state index contributed by atoms with van der Waals surface area (Å²) in [6, 6.07) is 2.09. The predicted octanol–water partition coefficient (Wildman–Crippen LogP) is 2.96. The van der Waals surface area contributed by atoms with E-state index in [9.17, 15) is 18.8 Å². The maximum absolute atomic E-state index is 13.4. The van der Waals surface area contributed by atoms with Crippen LogP contribution in [-0.4, -0.2) is 52.8 Å². The van der Waals surface area contributed by atoms with Crippen LogP contribution in [0.25, 0.3) is 0 Å². The highest BCUT2D eigenvalue weighted by atomic mass is 19.3. The van der Waals surface area contributed by atoms with Crippen LogP contribution in [0.1, 0.15) is 46.5 Å². The van der Waals surface area contributed by atoms with Crippen LogP contribution >= 0.6 is 0 Å². The molecule has 0 spiro atoms. The summed E-state index contributed by atoms with van der Waals surface area (Å²) >= 11 is 0. The van der Waals surface area contributed by atoms with Gasteiger partial charge in [-0.15, -0.1) is 0 Å². The van der Waals surface area contributed by atoms with Crippen molar-refractivity contribution >= 4 is 5.91 Å². The summed E-state index contributed by atoms with van der Waals surface area (Å²) in [5.41, 5.74) is -0.696. The largest absolute Gasteiger partial charge is 0.335 e. The van der Waals surface area contributed by atoms with Crippen LogP contribution < -0.4 is 0 Å². The molecule has 2 rings (SSSR count). The van der Waals surface area contributed by atoms with Crippen LogP contribution in [0.15, 0.2) is 11.6 Å². The van der Waals surface area contributed by atoms with Crippen molar-refractivity contribution in [3.8, 4) is 6.07 Å². The highest BCUT2D eigenvalue weighted by molar-refractivity contribution is 5.97. The van der Waals surface area contributed by atoms with E-state index in [1.807, 2.05) is 13.0 Å². The van der Waals surface area contributed by atoms with E-state index in [4.69, 9.17) is 0 Å². The van der Waals surface area contributed by atoms with E-state index in [0.29, 0.717) is 6.54 Å². The lowest BCUT2D eigenvalue weighted by atomic mass is 9.97. The minimum absolute atomic E-state index is 0.0546. The second-order valence-corrected chi connectivity index (χ2v) is 7.19. The smallest absolute Gasteiger partial charge is 0.264 e. The first kappa shape index (κ1) is 17.9. The second-order valence-electron chi connectivity index (χ2n) is 7.19. The molecule has 0 bridgehead atoms. The van der Waals surface area contributed by atoms with Gasteiger partial charge in [0.2, 0.25) is 0 Å². The van der Waals surface area contributed by atoms with Gasteiger partial charge in [0.25, 0.3) is 11.8 Å². The zero-order valence-corrected chi connectivity index (χ0v) is 14.1. The van der Waals surface area contributed by atoms with E-state index in [1.54, 1.807) is 29.7 Å². The van der Waals surface area contributed by atoms with Gasteiger partial charge < -0.3 is 4.90 Å². The molecule has 0 aromatic heterocycles. The van der Waals surface area contributed by atoms with Crippen LogP contribution in [0.3, 0.4) is 0 Å². The van der Waals surface area contributed by atoms with Crippen molar-refractivity contribution in [3.63, 3.8) is 0 Å². The first-order valence-electron chi connectivity index (χ1n) is 8.23. The number of nitriles is 1. The normalized spacial score (nSPS) is 26.2. The number of carbonyl (C=O) groups excluding carboxylic acids is 1. The van der Waals surface area contributed by atoms with Gasteiger partial charge in [-0.05, 0) is 46.1 Å². The minimum atomic E-state index is -2.69. The molecule has 2 heterocycles. The monoisotopic (exact) mass is 325 g/mol. The van der Waals surface area contributed by atoms with Crippen molar-refractivity contribution < 1.29 is 13.6 Å². The minimum Gasteiger partial charge on any atom is -0.335 e. The van der Waals surface area contributed by atoms with Crippen LogP contribution in [0.2, 0.25) is 0 Å². The summed E-state index contributed by atoms with van der Waals surface area (Å²) < 4.78 is 26.9. The van der Waals surface area contributed by atoms with Crippen molar-refractivity contribution in [1.82, 2.24) is 9.80 Å². The molecular weight excluding hydrogens is 300 g/mol. The summed E-state index contributed by atoms with van der Waals surface area (Å²) in [5, 5.41) is 9.39. The summed E-state index contributed by atoms with van der Waals surface area (Å²) in [7, 11) is 0. The van der Waals surface area contributed by atoms with Crippen LogP contribution in [0, 0.1) is 11.3 Å². The standard InChI is InChI=1S/C17H25F2N3O/c1-13-6-4-5-8-22(13)15(23)14(11-20)10-16(2,3)21-9-7-17(18,19)12-21/h10,13H,4-9,12H2,1-3H3/t13-/m1/s1. The molecule has 2 saturated heterocycles. The SMILES string of the molecule is C[C@@H]1CCCCN1C(=O)C(C#N)=CC(C)(C)N1CCC(F)(F)C1. The first-order chi connectivity index (χ1) is 10.7. The van der Waals surface area contributed by atoms with E-state index in [-0.39, 0.29) is 37.0 Å². The molecule has 0 unspecified atom stereocenters. The fourth-order valence-electron chi connectivity index (χ4n) is 3.37. The van der Waals surface area contributed by atoms with E-state index in [1.165, 1.54) is 0 Å². The van der Waals surface area contributed by atoms with Crippen LogP contribution in [0.4, 0.5) is 8.78 Å². The molecule has 6 heteroatoms. The summed E-state index contributed by atoms with van der Waals surface area (Å²) in [5.74, 6) is -2.97.